The molecule has 1 aliphatic carbocycles. The first-order valence-corrected chi connectivity index (χ1v) is 8.72. The highest BCUT2D eigenvalue weighted by Crippen LogP contribution is 2.43. The molecule has 116 valence electrons. The molecule has 2 aliphatic heterocycles. The van der Waals surface area contributed by atoms with Crippen molar-refractivity contribution in [3.8, 4) is 0 Å². The molecular weight excluding hydrogens is 250 g/mol. The number of nitrogens with one attached hydrogen (secondary N) is 1. The fourth-order valence-electron chi connectivity index (χ4n) is 4.78. The van der Waals surface area contributed by atoms with Crippen LogP contribution in [0.25, 0.3) is 0 Å². The fourth-order valence-corrected chi connectivity index (χ4v) is 4.78. The first kappa shape index (κ1) is 14.8. The van der Waals surface area contributed by atoms with Gasteiger partial charge in [0.25, 0.3) is 0 Å². The lowest BCUT2D eigenvalue weighted by Gasteiger charge is -2.46. The molecular formula is C17H31NO2. The third-order valence-electron chi connectivity index (χ3n) is 5.98. The van der Waals surface area contributed by atoms with E-state index in [2.05, 4.69) is 12.4 Å². The van der Waals surface area contributed by atoms with E-state index < -0.39 is 0 Å². The Morgan fingerprint density at radius 1 is 0.950 bits per heavy atom. The molecule has 3 unspecified atom stereocenters. The van der Waals surface area contributed by atoms with Gasteiger partial charge >= 0.3 is 0 Å². The van der Waals surface area contributed by atoms with Gasteiger partial charge in [0, 0.05) is 25.9 Å². The second kappa shape index (κ2) is 6.76. The molecule has 1 N–H and O–H groups in total. The molecule has 0 amide bonds. The normalized spacial score (nSPS) is 38.5. The Labute approximate surface area is 123 Å². The van der Waals surface area contributed by atoms with Gasteiger partial charge in [0.15, 0.2) is 0 Å². The standard InChI is InChI=1S/C17H31NO2/c1-18-16-6-4-2-3-5-15(16)14-7-10-20-17(13-14)8-11-19-12-9-17/h14-16,18H,2-13H2,1H3. The van der Waals surface area contributed by atoms with Crippen molar-refractivity contribution in [1.82, 2.24) is 5.32 Å². The van der Waals surface area contributed by atoms with Gasteiger partial charge in [-0.3, -0.25) is 0 Å². The zero-order valence-electron chi connectivity index (χ0n) is 13.0. The van der Waals surface area contributed by atoms with Gasteiger partial charge in [-0.25, -0.2) is 0 Å². The molecule has 0 aromatic rings. The van der Waals surface area contributed by atoms with Crippen LogP contribution in [0, 0.1) is 11.8 Å². The van der Waals surface area contributed by atoms with Gasteiger partial charge in [0.1, 0.15) is 0 Å². The average molecular weight is 281 g/mol. The molecule has 2 heterocycles. The molecule has 3 atom stereocenters. The summed E-state index contributed by atoms with van der Waals surface area (Å²) in [6.45, 7) is 2.76. The fraction of sp³-hybridized carbons (Fsp3) is 1.00. The minimum Gasteiger partial charge on any atom is -0.381 e. The van der Waals surface area contributed by atoms with Crippen LogP contribution in [-0.2, 0) is 9.47 Å². The van der Waals surface area contributed by atoms with E-state index in [1.54, 1.807) is 0 Å². The van der Waals surface area contributed by atoms with Crippen molar-refractivity contribution in [2.45, 2.75) is 69.4 Å². The van der Waals surface area contributed by atoms with Gasteiger partial charge in [0.05, 0.1) is 5.60 Å². The Bertz CT molecular complexity index is 296. The van der Waals surface area contributed by atoms with Crippen LogP contribution in [0.4, 0.5) is 0 Å². The SMILES string of the molecule is CNC1CCCCCC1C1CCOC2(CCOCC2)C1. The predicted octanol–water partition coefficient (Wildman–Crippen LogP) is 3.13. The monoisotopic (exact) mass is 281 g/mol. The first-order valence-electron chi connectivity index (χ1n) is 8.72. The molecule has 3 heteroatoms. The number of hydrogen-bond donors (Lipinski definition) is 1. The van der Waals surface area contributed by atoms with Gasteiger partial charge in [-0.05, 0) is 57.4 Å². The highest BCUT2D eigenvalue weighted by Gasteiger charge is 2.42. The van der Waals surface area contributed by atoms with E-state index in [4.69, 9.17) is 9.47 Å². The van der Waals surface area contributed by atoms with Crippen LogP contribution < -0.4 is 5.32 Å². The summed E-state index contributed by atoms with van der Waals surface area (Å²) in [5.41, 5.74) is 0.158. The average Bonchev–Trinajstić information content (AvgIpc) is 2.73. The van der Waals surface area contributed by atoms with Gasteiger partial charge in [-0.15, -0.1) is 0 Å². The largest absolute Gasteiger partial charge is 0.381 e. The third-order valence-corrected chi connectivity index (χ3v) is 5.98. The van der Waals surface area contributed by atoms with E-state index in [-0.39, 0.29) is 5.60 Å². The molecule has 1 saturated carbocycles. The molecule has 3 nitrogen and oxygen atoms in total. The lowest BCUT2D eigenvalue weighted by atomic mass is 9.72. The highest BCUT2D eigenvalue weighted by atomic mass is 16.5. The van der Waals surface area contributed by atoms with Crippen molar-refractivity contribution < 1.29 is 9.47 Å². The van der Waals surface area contributed by atoms with Crippen LogP contribution in [0.5, 0.6) is 0 Å². The second-order valence-corrected chi connectivity index (χ2v) is 7.09. The molecule has 0 aromatic carbocycles. The topological polar surface area (TPSA) is 30.5 Å². The zero-order chi connectivity index (χ0) is 13.8. The van der Waals surface area contributed by atoms with Crippen LogP contribution >= 0.6 is 0 Å². The summed E-state index contributed by atoms with van der Waals surface area (Å²) in [4.78, 5) is 0. The number of hydrogen-bond acceptors (Lipinski definition) is 3. The van der Waals surface area contributed by atoms with E-state index in [1.807, 2.05) is 0 Å². The van der Waals surface area contributed by atoms with Crippen molar-refractivity contribution in [3.05, 3.63) is 0 Å². The number of rotatable bonds is 2. The molecule has 2 saturated heterocycles. The zero-order valence-corrected chi connectivity index (χ0v) is 13.0. The Hall–Kier alpha value is -0.120. The van der Waals surface area contributed by atoms with Crippen molar-refractivity contribution in [1.29, 1.82) is 0 Å². The van der Waals surface area contributed by atoms with Crippen molar-refractivity contribution in [2.75, 3.05) is 26.9 Å². The van der Waals surface area contributed by atoms with E-state index in [9.17, 15) is 0 Å². The molecule has 1 spiro atoms. The van der Waals surface area contributed by atoms with Crippen LogP contribution in [0.2, 0.25) is 0 Å². The van der Waals surface area contributed by atoms with E-state index in [0.29, 0.717) is 0 Å². The molecule has 0 bridgehead atoms. The summed E-state index contributed by atoms with van der Waals surface area (Å²) in [6, 6.07) is 0.734. The Morgan fingerprint density at radius 3 is 2.55 bits per heavy atom. The van der Waals surface area contributed by atoms with E-state index >= 15 is 0 Å². The van der Waals surface area contributed by atoms with Crippen molar-refractivity contribution in [2.24, 2.45) is 11.8 Å². The maximum absolute atomic E-state index is 6.23. The van der Waals surface area contributed by atoms with Crippen LogP contribution in [-0.4, -0.2) is 38.5 Å². The lowest BCUT2D eigenvalue weighted by molar-refractivity contribution is -0.154. The van der Waals surface area contributed by atoms with Crippen molar-refractivity contribution >= 4 is 0 Å². The molecule has 3 rings (SSSR count). The second-order valence-electron chi connectivity index (χ2n) is 7.09. The summed E-state index contributed by atoms with van der Waals surface area (Å²) in [6.07, 6.45) is 11.8. The molecule has 0 aromatic heterocycles. The molecule has 3 fully saturated rings. The first-order chi connectivity index (χ1) is 9.83. The van der Waals surface area contributed by atoms with Gasteiger partial charge < -0.3 is 14.8 Å². The van der Waals surface area contributed by atoms with E-state index in [0.717, 1.165) is 50.5 Å². The Morgan fingerprint density at radius 2 is 1.75 bits per heavy atom. The maximum atomic E-state index is 6.23. The summed E-state index contributed by atoms with van der Waals surface area (Å²) < 4.78 is 11.8. The third kappa shape index (κ3) is 3.20. The number of ether oxygens (including phenoxy) is 2. The Kier molecular flexibility index (Phi) is 5.00. The highest BCUT2D eigenvalue weighted by molar-refractivity contribution is 4.94. The van der Waals surface area contributed by atoms with Crippen LogP contribution in [0.1, 0.15) is 57.8 Å². The Balaban J connectivity index is 1.68. The quantitative estimate of drug-likeness (QED) is 0.789. The van der Waals surface area contributed by atoms with Crippen LogP contribution in [0.15, 0.2) is 0 Å². The smallest absolute Gasteiger partial charge is 0.0729 e. The van der Waals surface area contributed by atoms with Crippen molar-refractivity contribution in [3.63, 3.8) is 0 Å². The van der Waals surface area contributed by atoms with Gasteiger partial charge in [0.2, 0.25) is 0 Å². The maximum Gasteiger partial charge on any atom is 0.0729 e. The predicted molar refractivity (Wildman–Crippen MR) is 80.9 cm³/mol. The van der Waals surface area contributed by atoms with Crippen LogP contribution in [0.3, 0.4) is 0 Å². The summed E-state index contributed by atoms with van der Waals surface area (Å²) in [7, 11) is 2.16. The minimum atomic E-state index is 0.158. The lowest BCUT2D eigenvalue weighted by Crippen LogP contribution is -2.48. The van der Waals surface area contributed by atoms with E-state index in [1.165, 1.54) is 44.9 Å². The summed E-state index contributed by atoms with van der Waals surface area (Å²) in [5.74, 6) is 1.73. The van der Waals surface area contributed by atoms with Gasteiger partial charge in [-0.1, -0.05) is 19.3 Å². The molecule has 0 radical (unpaired) electrons. The molecule has 20 heavy (non-hydrogen) atoms. The molecule has 3 aliphatic rings. The minimum absolute atomic E-state index is 0.158. The summed E-state index contributed by atoms with van der Waals surface area (Å²) in [5, 5.41) is 3.62. The summed E-state index contributed by atoms with van der Waals surface area (Å²) >= 11 is 0. The van der Waals surface area contributed by atoms with Gasteiger partial charge in [-0.2, -0.15) is 0 Å².